The van der Waals surface area contributed by atoms with Crippen LogP contribution >= 0.6 is 0 Å². The van der Waals surface area contributed by atoms with E-state index in [1.165, 1.54) is 0 Å². The van der Waals surface area contributed by atoms with Gasteiger partial charge in [-0.15, -0.1) is 6.58 Å². The molecule has 3 heteroatoms. The number of nitrogens with one attached hydrogen (secondary N) is 1. The van der Waals surface area contributed by atoms with Crippen LogP contribution in [0.2, 0.25) is 0 Å². The summed E-state index contributed by atoms with van der Waals surface area (Å²) in [6.45, 7) is 8.61. The van der Waals surface area contributed by atoms with Crippen LogP contribution in [0.1, 0.15) is 20.3 Å². The Kier molecular flexibility index (Phi) is 4.58. The Morgan fingerprint density at radius 2 is 2.36 bits per heavy atom. The molecule has 0 amide bonds. The topological polar surface area (TPSA) is 30.5 Å². The highest BCUT2D eigenvalue weighted by Crippen LogP contribution is 2.27. The molecular weight excluding hydrogens is 178 g/mol. The normalized spacial score (nSPS) is 33.5. The summed E-state index contributed by atoms with van der Waals surface area (Å²) in [5.74, 6) is 0. The second-order valence-electron chi connectivity index (χ2n) is 3.73. The van der Waals surface area contributed by atoms with Crippen molar-refractivity contribution in [3.05, 3.63) is 12.7 Å². The van der Waals surface area contributed by atoms with E-state index >= 15 is 0 Å². The first-order valence-corrected chi connectivity index (χ1v) is 5.25. The molecule has 0 heterocycles. The van der Waals surface area contributed by atoms with Gasteiger partial charge < -0.3 is 14.8 Å². The van der Waals surface area contributed by atoms with Gasteiger partial charge in [0, 0.05) is 25.8 Å². The van der Waals surface area contributed by atoms with Crippen LogP contribution < -0.4 is 5.32 Å². The third-order valence-corrected chi connectivity index (χ3v) is 2.73. The summed E-state index contributed by atoms with van der Waals surface area (Å²) in [6, 6.07) is 0.741. The Morgan fingerprint density at radius 3 is 2.86 bits per heavy atom. The molecule has 1 N–H and O–H groups in total. The Balaban J connectivity index is 2.32. The van der Waals surface area contributed by atoms with E-state index in [2.05, 4.69) is 18.8 Å². The van der Waals surface area contributed by atoms with Gasteiger partial charge in [0.15, 0.2) is 0 Å². The van der Waals surface area contributed by atoms with Crippen LogP contribution in [-0.4, -0.2) is 38.0 Å². The first-order valence-electron chi connectivity index (χ1n) is 5.25. The molecule has 0 bridgehead atoms. The lowest BCUT2D eigenvalue weighted by Gasteiger charge is -2.44. The van der Waals surface area contributed by atoms with Crippen LogP contribution in [0.25, 0.3) is 0 Å². The molecule has 1 saturated carbocycles. The zero-order chi connectivity index (χ0) is 10.6. The summed E-state index contributed by atoms with van der Waals surface area (Å²) in [4.78, 5) is 0. The predicted molar refractivity (Wildman–Crippen MR) is 57.4 cm³/mol. The summed E-state index contributed by atoms with van der Waals surface area (Å²) in [7, 11) is 1.74. The van der Waals surface area contributed by atoms with Crippen LogP contribution in [0.5, 0.6) is 0 Å². The lowest BCUT2D eigenvalue weighted by molar-refractivity contribution is -0.132. The predicted octanol–water partition coefficient (Wildman–Crippen LogP) is 1.34. The van der Waals surface area contributed by atoms with Crippen molar-refractivity contribution in [3.63, 3.8) is 0 Å². The summed E-state index contributed by atoms with van der Waals surface area (Å²) >= 11 is 0. The van der Waals surface area contributed by atoms with Crippen LogP contribution in [0.3, 0.4) is 0 Å². The van der Waals surface area contributed by atoms with Gasteiger partial charge in [0.05, 0.1) is 12.2 Å². The zero-order valence-corrected chi connectivity index (χ0v) is 9.32. The van der Waals surface area contributed by atoms with E-state index in [1.807, 2.05) is 13.0 Å². The molecule has 0 aromatic carbocycles. The van der Waals surface area contributed by atoms with E-state index in [0.717, 1.165) is 13.0 Å². The van der Waals surface area contributed by atoms with Gasteiger partial charge in [0.2, 0.25) is 0 Å². The molecule has 0 aliphatic heterocycles. The third kappa shape index (κ3) is 2.56. The van der Waals surface area contributed by atoms with Crippen molar-refractivity contribution in [1.82, 2.24) is 5.32 Å². The Morgan fingerprint density at radius 1 is 1.64 bits per heavy atom. The summed E-state index contributed by atoms with van der Waals surface area (Å²) in [5.41, 5.74) is 0. The van der Waals surface area contributed by atoms with Gasteiger partial charge in [0.1, 0.15) is 0 Å². The first-order chi connectivity index (χ1) is 6.72. The van der Waals surface area contributed by atoms with Gasteiger partial charge >= 0.3 is 0 Å². The lowest BCUT2D eigenvalue weighted by atomic mass is 9.84. The second-order valence-corrected chi connectivity index (χ2v) is 3.73. The standard InChI is InChI=1S/C11H21NO2/c1-5-8(3)12-9-7-10(14-6-2)11(9)13-4/h5,8-12H,1,6-7H2,2-4H3. The fraction of sp³-hybridized carbons (Fsp3) is 0.818. The maximum atomic E-state index is 5.54. The molecule has 0 aromatic heterocycles. The SMILES string of the molecule is C=CC(C)NC1CC(OCC)C1OC. The average molecular weight is 199 g/mol. The molecule has 1 aliphatic carbocycles. The first kappa shape index (κ1) is 11.7. The minimum Gasteiger partial charge on any atom is -0.377 e. The van der Waals surface area contributed by atoms with Crippen LogP contribution in [0.15, 0.2) is 12.7 Å². The maximum Gasteiger partial charge on any atom is 0.0987 e. The molecule has 82 valence electrons. The molecule has 1 aliphatic rings. The van der Waals surface area contributed by atoms with Crippen LogP contribution in [0.4, 0.5) is 0 Å². The molecule has 4 atom stereocenters. The van der Waals surface area contributed by atoms with Crippen molar-refractivity contribution in [2.45, 2.75) is 44.6 Å². The van der Waals surface area contributed by atoms with Gasteiger partial charge in [-0.25, -0.2) is 0 Å². The van der Waals surface area contributed by atoms with Gasteiger partial charge in [-0.05, 0) is 20.3 Å². The smallest absolute Gasteiger partial charge is 0.0987 e. The summed E-state index contributed by atoms with van der Waals surface area (Å²) in [5, 5.41) is 3.43. The highest BCUT2D eigenvalue weighted by Gasteiger charge is 2.42. The monoisotopic (exact) mass is 199 g/mol. The van der Waals surface area contributed by atoms with Gasteiger partial charge in [0.25, 0.3) is 0 Å². The number of hydrogen-bond donors (Lipinski definition) is 1. The van der Waals surface area contributed by atoms with Crippen molar-refractivity contribution < 1.29 is 9.47 Å². The highest BCUT2D eigenvalue weighted by molar-refractivity contribution is 5.00. The summed E-state index contributed by atoms with van der Waals surface area (Å²) < 4.78 is 10.9. The lowest BCUT2D eigenvalue weighted by Crippen LogP contribution is -2.61. The Labute approximate surface area is 86.5 Å². The molecule has 4 unspecified atom stereocenters. The second kappa shape index (κ2) is 5.49. The molecule has 14 heavy (non-hydrogen) atoms. The number of rotatable bonds is 6. The highest BCUT2D eigenvalue weighted by atomic mass is 16.5. The van der Waals surface area contributed by atoms with Crippen molar-refractivity contribution >= 4 is 0 Å². The minimum atomic E-state index is 0.192. The van der Waals surface area contributed by atoms with Crippen molar-refractivity contribution in [2.75, 3.05) is 13.7 Å². The maximum absolute atomic E-state index is 5.54. The Bertz CT molecular complexity index is 184. The van der Waals surface area contributed by atoms with E-state index in [-0.39, 0.29) is 12.2 Å². The molecule has 1 rings (SSSR count). The summed E-state index contributed by atoms with van der Waals surface area (Å²) in [6.07, 6.45) is 3.39. The number of hydrogen-bond acceptors (Lipinski definition) is 3. The quantitative estimate of drug-likeness (QED) is 0.655. The molecule has 0 saturated heterocycles. The van der Waals surface area contributed by atoms with E-state index in [0.29, 0.717) is 12.1 Å². The third-order valence-electron chi connectivity index (χ3n) is 2.73. The van der Waals surface area contributed by atoms with Crippen molar-refractivity contribution in [2.24, 2.45) is 0 Å². The van der Waals surface area contributed by atoms with E-state index in [4.69, 9.17) is 9.47 Å². The molecular formula is C11H21NO2. The van der Waals surface area contributed by atoms with Gasteiger partial charge in [-0.1, -0.05) is 6.08 Å². The molecule has 0 radical (unpaired) electrons. The van der Waals surface area contributed by atoms with Crippen LogP contribution in [0, 0.1) is 0 Å². The minimum absolute atomic E-state index is 0.192. The fourth-order valence-electron chi connectivity index (χ4n) is 1.84. The van der Waals surface area contributed by atoms with E-state index in [1.54, 1.807) is 7.11 Å². The number of methoxy groups -OCH3 is 1. The molecule has 0 spiro atoms. The average Bonchev–Trinajstić information content (AvgIpc) is 2.16. The Hall–Kier alpha value is -0.380. The van der Waals surface area contributed by atoms with Gasteiger partial charge in [-0.2, -0.15) is 0 Å². The molecule has 0 aromatic rings. The van der Waals surface area contributed by atoms with Crippen molar-refractivity contribution in [1.29, 1.82) is 0 Å². The van der Waals surface area contributed by atoms with E-state index < -0.39 is 0 Å². The van der Waals surface area contributed by atoms with E-state index in [9.17, 15) is 0 Å². The molecule has 3 nitrogen and oxygen atoms in total. The van der Waals surface area contributed by atoms with Crippen LogP contribution in [-0.2, 0) is 9.47 Å². The largest absolute Gasteiger partial charge is 0.377 e. The zero-order valence-electron chi connectivity index (χ0n) is 9.32. The fourth-order valence-corrected chi connectivity index (χ4v) is 1.84. The van der Waals surface area contributed by atoms with Crippen molar-refractivity contribution in [3.8, 4) is 0 Å². The number of ether oxygens (including phenoxy) is 2. The van der Waals surface area contributed by atoms with Gasteiger partial charge in [-0.3, -0.25) is 0 Å². The molecule has 1 fully saturated rings.